The molecule has 0 atom stereocenters. The Morgan fingerprint density at radius 3 is 1.50 bits per heavy atom. The van der Waals surface area contributed by atoms with Gasteiger partial charge in [0.05, 0.1) is 0 Å². The minimum atomic E-state index is -1.65. The minimum absolute atomic E-state index is 0.653. The van der Waals surface area contributed by atoms with Crippen molar-refractivity contribution in [3.8, 4) is 0 Å². The predicted octanol–water partition coefficient (Wildman–Crippen LogP) is -0.309. The summed E-state index contributed by atoms with van der Waals surface area (Å²) in [5, 5.41) is 17.9. The Balaban J connectivity index is 0. The Kier molecular flexibility index (Phi) is 8.72. The van der Waals surface area contributed by atoms with E-state index in [4.69, 9.17) is 10.2 Å². The van der Waals surface area contributed by atoms with Gasteiger partial charge in [0.15, 0.2) is 0 Å². The van der Waals surface area contributed by atoms with E-state index in [-0.39, 0.29) is 0 Å². The van der Waals surface area contributed by atoms with Crippen LogP contribution in [0, 0.1) is 0 Å². The Labute approximate surface area is 85.9 Å². The first-order valence-corrected chi connectivity index (χ1v) is 4.61. The average molecular weight is 206 g/mol. The molecule has 0 bridgehead atoms. The molecule has 86 valence electrons. The molecule has 0 aliphatic carbocycles. The SMILES string of the molecule is CCN(CC)C(C)(O)O.CN(C)C=O. The van der Waals surface area contributed by atoms with Gasteiger partial charge in [0.1, 0.15) is 0 Å². The molecule has 0 spiro atoms. The van der Waals surface area contributed by atoms with Crippen molar-refractivity contribution in [1.82, 2.24) is 9.80 Å². The maximum atomic E-state index is 9.43. The summed E-state index contributed by atoms with van der Waals surface area (Å²) < 4.78 is 0. The summed E-state index contributed by atoms with van der Waals surface area (Å²) in [6.45, 7) is 6.43. The number of hydrogen-bond donors (Lipinski definition) is 2. The first-order valence-electron chi connectivity index (χ1n) is 4.61. The fraction of sp³-hybridized carbons (Fsp3) is 0.889. The maximum absolute atomic E-state index is 9.43. The lowest BCUT2D eigenvalue weighted by Gasteiger charge is -2.29. The van der Waals surface area contributed by atoms with Crippen molar-refractivity contribution < 1.29 is 15.0 Å². The van der Waals surface area contributed by atoms with Crippen molar-refractivity contribution >= 4 is 6.41 Å². The van der Waals surface area contributed by atoms with Crippen molar-refractivity contribution in [2.45, 2.75) is 26.7 Å². The van der Waals surface area contributed by atoms with Crippen LogP contribution in [0.5, 0.6) is 0 Å². The maximum Gasteiger partial charge on any atom is 0.221 e. The van der Waals surface area contributed by atoms with Gasteiger partial charge in [-0.3, -0.25) is 9.69 Å². The van der Waals surface area contributed by atoms with E-state index in [2.05, 4.69) is 0 Å². The van der Waals surface area contributed by atoms with Crippen molar-refractivity contribution in [3.63, 3.8) is 0 Å². The fourth-order valence-electron chi connectivity index (χ4n) is 0.823. The molecule has 0 aromatic rings. The molecule has 0 radical (unpaired) electrons. The Bertz CT molecular complexity index is 139. The van der Waals surface area contributed by atoms with Crippen molar-refractivity contribution in [2.75, 3.05) is 27.2 Å². The van der Waals surface area contributed by atoms with Crippen LogP contribution in [0.1, 0.15) is 20.8 Å². The molecule has 14 heavy (non-hydrogen) atoms. The predicted molar refractivity (Wildman–Crippen MR) is 55.5 cm³/mol. The van der Waals surface area contributed by atoms with Gasteiger partial charge in [-0.1, -0.05) is 13.8 Å². The largest absolute Gasteiger partial charge is 0.353 e. The number of hydrogen-bond acceptors (Lipinski definition) is 4. The molecule has 0 saturated heterocycles. The quantitative estimate of drug-likeness (QED) is 0.489. The third-order valence-corrected chi connectivity index (χ3v) is 1.57. The second-order valence-corrected chi connectivity index (χ2v) is 3.21. The number of nitrogens with zero attached hydrogens (tertiary/aromatic N) is 2. The van der Waals surface area contributed by atoms with Crippen LogP contribution in [0.25, 0.3) is 0 Å². The van der Waals surface area contributed by atoms with Gasteiger partial charge in [0, 0.05) is 34.1 Å². The highest BCUT2D eigenvalue weighted by Gasteiger charge is 2.21. The lowest BCUT2D eigenvalue weighted by atomic mass is 10.4. The first kappa shape index (κ1) is 15.8. The highest BCUT2D eigenvalue weighted by atomic mass is 16.5. The lowest BCUT2D eigenvalue weighted by Crippen LogP contribution is -2.45. The zero-order chi connectivity index (χ0) is 11.8. The van der Waals surface area contributed by atoms with E-state index in [0.717, 1.165) is 6.41 Å². The molecule has 0 aliphatic rings. The van der Waals surface area contributed by atoms with E-state index in [1.807, 2.05) is 13.8 Å². The Morgan fingerprint density at radius 2 is 1.50 bits per heavy atom. The summed E-state index contributed by atoms with van der Waals surface area (Å²) in [5.74, 6) is -1.65. The molecular weight excluding hydrogens is 184 g/mol. The number of aliphatic hydroxyl groups is 2. The molecule has 0 fully saturated rings. The number of rotatable bonds is 4. The van der Waals surface area contributed by atoms with Crippen LogP contribution in [0.2, 0.25) is 0 Å². The monoisotopic (exact) mass is 206 g/mol. The molecule has 0 rings (SSSR count). The molecule has 0 heterocycles. The molecule has 2 N–H and O–H groups in total. The van der Waals surface area contributed by atoms with Gasteiger partial charge in [0.2, 0.25) is 12.3 Å². The molecular formula is C9H22N2O3. The molecule has 1 amide bonds. The standard InChI is InChI=1S/C6H15NO2.C3H7NO/c1-4-7(5-2)6(3,8)9;1-4(2)3-5/h8-9H,4-5H2,1-3H3;3H,1-2H3. The lowest BCUT2D eigenvalue weighted by molar-refractivity contribution is -0.247. The van der Waals surface area contributed by atoms with Crippen LogP contribution in [0.3, 0.4) is 0 Å². The minimum Gasteiger partial charge on any atom is -0.353 e. The summed E-state index contributed by atoms with van der Waals surface area (Å²) in [5.41, 5.74) is 0. The zero-order valence-corrected chi connectivity index (χ0v) is 9.69. The van der Waals surface area contributed by atoms with Crippen LogP contribution in [-0.2, 0) is 4.79 Å². The Hall–Kier alpha value is -0.650. The van der Waals surface area contributed by atoms with Gasteiger partial charge >= 0.3 is 0 Å². The smallest absolute Gasteiger partial charge is 0.221 e. The van der Waals surface area contributed by atoms with Crippen molar-refractivity contribution in [1.29, 1.82) is 0 Å². The summed E-state index contributed by atoms with van der Waals surface area (Å²) in [7, 11) is 3.38. The summed E-state index contributed by atoms with van der Waals surface area (Å²) in [4.78, 5) is 12.4. The normalized spacial score (nSPS) is 10.6. The molecule has 0 aromatic heterocycles. The summed E-state index contributed by atoms with van der Waals surface area (Å²) in [6.07, 6.45) is 0.750. The number of carbonyl (C=O) groups excluding carboxylic acids is 1. The van der Waals surface area contributed by atoms with Crippen LogP contribution in [0.4, 0.5) is 0 Å². The third kappa shape index (κ3) is 9.44. The van der Waals surface area contributed by atoms with Crippen LogP contribution < -0.4 is 0 Å². The molecule has 0 unspecified atom stereocenters. The van der Waals surface area contributed by atoms with Crippen LogP contribution >= 0.6 is 0 Å². The summed E-state index contributed by atoms with van der Waals surface area (Å²) in [6, 6.07) is 0. The van der Waals surface area contributed by atoms with Gasteiger partial charge in [-0.2, -0.15) is 0 Å². The highest BCUT2D eigenvalue weighted by Crippen LogP contribution is 2.04. The van der Waals surface area contributed by atoms with Gasteiger partial charge in [-0.15, -0.1) is 0 Å². The zero-order valence-electron chi connectivity index (χ0n) is 9.69. The van der Waals surface area contributed by atoms with E-state index < -0.39 is 5.91 Å². The van der Waals surface area contributed by atoms with E-state index in [1.165, 1.54) is 11.8 Å². The van der Waals surface area contributed by atoms with Gasteiger partial charge in [-0.25, -0.2) is 0 Å². The number of amides is 1. The van der Waals surface area contributed by atoms with Crippen molar-refractivity contribution in [2.24, 2.45) is 0 Å². The van der Waals surface area contributed by atoms with E-state index in [0.29, 0.717) is 13.1 Å². The fourth-order valence-corrected chi connectivity index (χ4v) is 0.823. The van der Waals surface area contributed by atoms with Crippen LogP contribution in [0.15, 0.2) is 0 Å². The molecule has 0 saturated carbocycles. The first-order chi connectivity index (χ1) is 6.29. The Morgan fingerprint density at radius 1 is 1.21 bits per heavy atom. The molecule has 0 aromatic carbocycles. The third-order valence-electron chi connectivity index (χ3n) is 1.57. The molecule has 5 heteroatoms. The van der Waals surface area contributed by atoms with E-state index in [1.54, 1.807) is 19.0 Å². The summed E-state index contributed by atoms with van der Waals surface area (Å²) >= 11 is 0. The van der Waals surface area contributed by atoms with Gasteiger partial charge < -0.3 is 15.1 Å². The van der Waals surface area contributed by atoms with Gasteiger partial charge in [0.25, 0.3) is 0 Å². The molecule has 5 nitrogen and oxygen atoms in total. The highest BCUT2D eigenvalue weighted by molar-refractivity contribution is 5.45. The number of carbonyl (C=O) groups is 1. The average Bonchev–Trinajstić information content (AvgIpc) is 2.05. The van der Waals surface area contributed by atoms with Gasteiger partial charge in [-0.05, 0) is 0 Å². The topological polar surface area (TPSA) is 64.0 Å². The van der Waals surface area contributed by atoms with E-state index >= 15 is 0 Å². The van der Waals surface area contributed by atoms with Crippen molar-refractivity contribution in [3.05, 3.63) is 0 Å². The van der Waals surface area contributed by atoms with E-state index in [9.17, 15) is 4.79 Å². The molecule has 0 aliphatic heterocycles. The second kappa shape index (κ2) is 7.73. The van der Waals surface area contributed by atoms with Crippen LogP contribution in [-0.4, -0.2) is 59.5 Å². The second-order valence-electron chi connectivity index (χ2n) is 3.21.